The number of benzene rings is 1. The van der Waals surface area contributed by atoms with E-state index in [0.717, 1.165) is 22.2 Å². The van der Waals surface area contributed by atoms with Gasteiger partial charge in [-0.15, -0.1) is 0 Å². The van der Waals surface area contributed by atoms with E-state index in [1.54, 1.807) is 0 Å². The molecule has 0 aliphatic heterocycles. The van der Waals surface area contributed by atoms with E-state index >= 15 is 0 Å². The molecule has 2 nitrogen and oxygen atoms in total. The van der Waals surface area contributed by atoms with Crippen molar-refractivity contribution < 1.29 is 4.79 Å². The summed E-state index contributed by atoms with van der Waals surface area (Å²) in [5.41, 5.74) is 2.65. The highest BCUT2D eigenvalue weighted by molar-refractivity contribution is 6.31. The number of Topliss-reactive ketones (excluding diaryl/α,β-unsaturated/α-hetero) is 1. The van der Waals surface area contributed by atoms with Gasteiger partial charge in [0.2, 0.25) is 0 Å². The number of hydrogen-bond acceptors (Lipinski definition) is 1. The molecule has 1 heterocycles. The summed E-state index contributed by atoms with van der Waals surface area (Å²) in [6, 6.07) is 5.57. The summed E-state index contributed by atoms with van der Waals surface area (Å²) < 4.78 is 0. The van der Waals surface area contributed by atoms with Crippen molar-refractivity contribution in [1.29, 1.82) is 0 Å². The van der Waals surface area contributed by atoms with E-state index in [-0.39, 0.29) is 11.7 Å². The fourth-order valence-corrected chi connectivity index (χ4v) is 2.08. The van der Waals surface area contributed by atoms with Crippen molar-refractivity contribution in [2.24, 2.45) is 5.92 Å². The van der Waals surface area contributed by atoms with Crippen molar-refractivity contribution in [2.45, 2.75) is 20.8 Å². The van der Waals surface area contributed by atoms with Crippen LogP contribution in [0, 0.1) is 12.8 Å². The Hall–Kier alpha value is -1.28. The fraction of sp³-hybridized carbons (Fsp3) is 0.308. The molecular formula is C13H14ClNO. The zero-order valence-electron chi connectivity index (χ0n) is 9.60. The van der Waals surface area contributed by atoms with Crippen molar-refractivity contribution in [3.8, 4) is 0 Å². The van der Waals surface area contributed by atoms with Gasteiger partial charge in [-0.3, -0.25) is 4.79 Å². The van der Waals surface area contributed by atoms with Crippen molar-refractivity contribution in [3.63, 3.8) is 0 Å². The lowest BCUT2D eigenvalue weighted by molar-refractivity contribution is 0.0940. The van der Waals surface area contributed by atoms with E-state index in [9.17, 15) is 4.79 Å². The number of carbonyl (C=O) groups excluding carboxylic acids is 1. The van der Waals surface area contributed by atoms with Crippen LogP contribution in [0.5, 0.6) is 0 Å². The molecule has 0 amide bonds. The van der Waals surface area contributed by atoms with Crippen LogP contribution in [0.1, 0.15) is 29.9 Å². The largest absolute Gasteiger partial charge is 0.358 e. The van der Waals surface area contributed by atoms with Gasteiger partial charge in [-0.1, -0.05) is 25.4 Å². The van der Waals surface area contributed by atoms with E-state index in [1.807, 2.05) is 39.0 Å². The predicted molar refractivity (Wildman–Crippen MR) is 67.2 cm³/mol. The number of rotatable bonds is 2. The zero-order chi connectivity index (χ0) is 11.9. The number of ketones is 1. The molecule has 0 atom stereocenters. The quantitative estimate of drug-likeness (QED) is 0.785. The first-order valence-corrected chi connectivity index (χ1v) is 5.70. The number of halogens is 1. The molecule has 0 radical (unpaired) electrons. The molecule has 1 N–H and O–H groups in total. The fourth-order valence-electron chi connectivity index (χ4n) is 1.91. The van der Waals surface area contributed by atoms with Crippen molar-refractivity contribution >= 4 is 28.3 Å². The van der Waals surface area contributed by atoms with E-state index < -0.39 is 0 Å². The number of carbonyl (C=O) groups is 1. The predicted octanol–water partition coefficient (Wildman–Crippen LogP) is 3.97. The van der Waals surface area contributed by atoms with Crippen LogP contribution in [0.2, 0.25) is 5.02 Å². The van der Waals surface area contributed by atoms with Crippen LogP contribution >= 0.6 is 11.6 Å². The van der Waals surface area contributed by atoms with Gasteiger partial charge in [0.1, 0.15) is 0 Å². The molecule has 0 spiro atoms. The highest BCUT2D eigenvalue weighted by Gasteiger charge is 2.18. The Labute approximate surface area is 99.6 Å². The summed E-state index contributed by atoms with van der Waals surface area (Å²) in [6.45, 7) is 5.74. The SMILES string of the molecule is Cc1[nH]c2ccc(Cl)cc2c1C(=O)C(C)C. The number of fused-ring (bicyclic) bond motifs is 1. The first kappa shape index (κ1) is 11.2. The summed E-state index contributed by atoms with van der Waals surface area (Å²) in [5, 5.41) is 1.58. The van der Waals surface area contributed by atoms with Crippen molar-refractivity contribution in [1.82, 2.24) is 4.98 Å². The summed E-state index contributed by atoms with van der Waals surface area (Å²) in [6.07, 6.45) is 0. The molecule has 2 aromatic rings. The first-order chi connectivity index (χ1) is 7.50. The lowest BCUT2D eigenvalue weighted by Gasteiger charge is -2.04. The molecule has 2 rings (SSSR count). The average Bonchev–Trinajstić information content (AvgIpc) is 2.52. The van der Waals surface area contributed by atoms with Gasteiger partial charge >= 0.3 is 0 Å². The maximum Gasteiger partial charge on any atom is 0.167 e. The van der Waals surface area contributed by atoms with Gasteiger partial charge in [0.25, 0.3) is 0 Å². The molecule has 0 unspecified atom stereocenters. The summed E-state index contributed by atoms with van der Waals surface area (Å²) in [7, 11) is 0. The molecule has 1 aromatic carbocycles. The molecule has 0 aliphatic rings. The number of aromatic amines is 1. The third-order valence-electron chi connectivity index (χ3n) is 2.72. The Morgan fingerprint density at radius 2 is 2.06 bits per heavy atom. The normalized spacial score (nSPS) is 11.3. The smallest absolute Gasteiger partial charge is 0.167 e. The minimum absolute atomic E-state index is 0.00307. The van der Waals surface area contributed by atoms with Crippen molar-refractivity contribution in [2.75, 3.05) is 0 Å². The standard InChI is InChI=1S/C13H14ClNO/c1-7(2)13(16)12-8(3)15-11-5-4-9(14)6-10(11)12/h4-7,15H,1-3H3. The summed E-state index contributed by atoms with van der Waals surface area (Å²) >= 11 is 5.96. The summed E-state index contributed by atoms with van der Waals surface area (Å²) in [4.78, 5) is 15.3. The molecule has 3 heteroatoms. The maximum absolute atomic E-state index is 12.1. The molecule has 84 valence electrons. The van der Waals surface area contributed by atoms with Gasteiger partial charge in [0, 0.05) is 33.1 Å². The molecule has 0 bridgehead atoms. The maximum atomic E-state index is 12.1. The Bertz CT molecular complexity index is 554. The lowest BCUT2D eigenvalue weighted by Crippen LogP contribution is -2.08. The second kappa shape index (κ2) is 3.95. The monoisotopic (exact) mass is 235 g/mol. The van der Waals surface area contributed by atoms with E-state index in [1.165, 1.54) is 0 Å². The van der Waals surface area contributed by atoms with Gasteiger partial charge in [0.15, 0.2) is 5.78 Å². The van der Waals surface area contributed by atoms with Crippen LogP contribution in [0.3, 0.4) is 0 Å². The Kier molecular flexibility index (Phi) is 2.76. The minimum Gasteiger partial charge on any atom is -0.358 e. The topological polar surface area (TPSA) is 32.9 Å². The third kappa shape index (κ3) is 1.74. The molecular weight excluding hydrogens is 222 g/mol. The van der Waals surface area contributed by atoms with Crippen LogP contribution in [-0.4, -0.2) is 10.8 Å². The van der Waals surface area contributed by atoms with Gasteiger partial charge < -0.3 is 4.98 Å². The van der Waals surface area contributed by atoms with Crippen LogP contribution in [-0.2, 0) is 0 Å². The summed E-state index contributed by atoms with van der Waals surface area (Å²) in [5.74, 6) is 0.155. The number of H-pyrrole nitrogens is 1. The van der Waals surface area contributed by atoms with Crippen LogP contribution in [0.15, 0.2) is 18.2 Å². The second-order valence-electron chi connectivity index (χ2n) is 4.33. The number of hydrogen-bond donors (Lipinski definition) is 1. The first-order valence-electron chi connectivity index (χ1n) is 5.32. The Morgan fingerprint density at radius 1 is 1.38 bits per heavy atom. The molecule has 0 saturated heterocycles. The minimum atomic E-state index is -0.00307. The van der Waals surface area contributed by atoms with Gasteiger partial charge in [0.05, 0.1) is 0 Å². The van der Waals surface area contributed by atoms with Gasteiger partial charge in [-0.2, -0.15) is 0 Å². The number of aromatic nitrogens is 1. The Balaban J connectivity index is 2.72. The molecule has 0 saturated carbocycles. The second-order valence-corrected chi connectivity index (χ2v) is 4.77. The molecule has 1 aromatic heterocycles. The zero-order valence-corrected chi connectivity index (χ0v) is 10.4. The van der Waals surface area contributed by atoms with Crippen LogP contribution < -0.4 is 0 Å². The van der Waals surface area contributed by atoms with Gasteiger partial charge in [-0.25, -0.2) is 0 Å². The van der Waals surface area contributed by atoms with E-state index in [4.69, 9.17) is 11.6 Å². The van der Waals surface area contributed by atoms with Crippen molar-refractivity contribution in [3.05, 3.63) is 34.5 Å². The number of nitrogens with one attached hydrogen (secondary N) is 1. The average molecular weight is 236 g/mol. The van der Waals surface area contributed by atoms with E-state index in [2.05, 4.69) is 4.98 Å². The highest BCUT2D eigenvalue weighted by atomic mass is 35.5. The van der Waals surface area contributed by atoms with Crippen LogP contribution in [0.25, 0.3) is 10.9 Å². The molecule has 0 fully saturated rings. The lowest BCUT2D eigenvalue weighted by atomic mass is 9.98. The third-order valence-corrected chi connectivity index (χ3v) is 2.95. The Morgan fingerprint density at radius 3 is 2.69 bits per heavy atom. The van der Waals surface area contributed by atoms with E-state index in [0.29, 0.717) is 5.02 Å². The van der Waals surface area contributed by atoms with Crippen LogP contribution in [0.4, 0.5) is 0 Å². The molecule has 16 heavy (non-hydrogen) atoms. The molecule has 0 aliphatic carbocycles. The highest BCUT2D eigenvalue weighted by Crippen LogP contribution is 2.27. The van der Waals surface area contributed by atoms with Gasteiger partial charge in [-0.05, 0) is 25.1 Å². The number of aryl methyl sites for hydroxylation is 1.